The first kappa shape index (κ1) is 24.2. The van der Waals surface area contributed by atoms with Crippen LogP contribution in [0.2, 0.25) is 0 Å². The highest BCUT2D eigenvalue weighted by atomic mass is 19.4. The molecular formula is C25H14F6N4O2. The maximum atomic E-state index is 13.0. The topological polar surface area (TPSA) is 77.8 Å². The minimum Gasteiger partial charge on any atom is -0.334 e. The zero-order valence-corrected chi connectivity index (χ0v) is 18.7. The van der Waals surface area contributed by atoms with Crippen LogP contribution in [-0.2, 0) is 12.4 Å². The fourth-order valence-corrected chi connectivity index (χ4v) is 3.61. The highest BCUT2D eigenvalue weighted by molar-refractivity contribution is 5.69. The molecule has 0 amide bonds. The summed E-state index contributed by atoms with van der Waals surface area (Å²) in [5.41, 5.74) is 0.163. The molecule has 0 fully saturated rings. The Morgan fingerprint density at radius 3 is 1.41 bits per heavy atom. The van der Waals surface area contributed by atoms with Crippen molar-refractivity contribution in [2.24, 2.45) is 0 Å². The standard InChI is InChI=1S/C25H14F6N4O2/c1-13-8-16(20-32-22(36-34-20)14-4-2-6-18(11-14)24(26,27)28)10-17(9-13)21-33-23(37-35-21)15-5-3-7-19(12-15)25(29,30)31/h2-12H,1H3. The van der Waals surface area contributed by atoms with Gasteiger partial charge in [-0.1, -0.05) is 22.4 Å². The zero-order chi connectivity index (χ0) is 26.4. The maximum Gasteiger partial charge on any atom is 0.416 e. The second-order valence-electron chi connectivity index (χ2n) is 8.09. The number of halogens is 6. The molecule has 0 bridgehead atoms. The molecule has 0 atom stereocenters. The second kappa shape index (κ2) is 8.87. The Morgan fingerprint density at radius 1 is 0.568 bits per heavy atom. The van der Waals surface area contributed by atoms with Crippen LogP contribution < -0.4 is 0 Å². The molecule has 0 aliphatic heterocycles. The van der Waals surface area contributed by atoms with Gasteiger partial charge in [-0.15, -0.1) is 0 Å². The molecule has 37 heavy (non-hydrogen) atoms. The van der Waals surface area contributed by atoms with Crippen LogP contribution in [0.1, 0.15) is 16.7 Å². The zero-order valence-electron chi connectivity index (χ0n) is 18.7. The van der Waals surface area contributed by atoms with E-state index in [9.17, 15) is 26.3 Å². The van der Waals surface area contributed by atoms with Crippen molar-refractivity contribution in [1.82, 2.24) is 20.3 Å². The number of benzene rings is 3. The largest absolute Gasteiger partial charge is 0.416 e. The summed E-state index contributed by atoms with van der Waals surface area (Å²) in [6.45, 7) is 1.77. The van der Waals surface area contributed by atoms with Crippen molar-refractivity contribution in [3.05, 3.63) is 83.4 Å². The van der Waals surface area contributed by atoms with E-state index in [0.29, 0.717) is 11.1 Å². The summed E-state index contributed by atoms with van der Waals surface area (Å²) >= 11 is 0. The monoisotopic (exact) mass is 516 g/mol. The smallest absolute Gasteiger partial charge is 0.334 e. The fourth-order valence-electron chi connectivity index (χ4n) is 3.61. The summed E-state index contributed by atoms with van der Waals surface area (Å²) in [7, 11) is 0. The Hall–Kier alpha value is -4.48. The van der Waals surface area contributed by atoms with Gasteiger partial charge in [0.2, 0.25) is 11.6 Å². The minimum atomic E-state index is -4.53. The summed E-state index contributed by atoms with van der Waals surface area (Å²) in [4.78, 5) is 8.44. The number of nitrogens with zero attached hydrogens (tertiary/aromatic N) is 4. The Labute approximate surface area is 204 Å². The molecular weight excluding hydrogens is 502 g/mol. The van der Waals surface area contributed by atoms with Crippen molar-refractivity contribution in [3.63, 3.8) is 0 Å². The summed E-state index contributed by atoms with van der Waals surface area (Å²) in [6.07, 6.45) is -9.05. The number of rotatable bonds is 4. The first-order valence-corrected chi connectivity index (χ1v) is 10.6. The molecule has 2 heterocycles. The highest BCUT2D eigenvalue weighted by Gasteiger charge is 2.32. The third-order valence-electron chi connectivity index (χ3n) is 5.32. The lowest BCUT2D eigenvalue weighted by molar-refractivity contribution is -0.138. The summed E-state index contributed by atoms with van der Waals surface area (Å²) in [5.74, 6) is 0.0176. The predicted molar refractivity (Wildman–Crippen MR) is 119 cm³/mol. The van der Waals surface area contributed by atoms with Crippen LogP contribution in [0.15, 0.2) is 75.8 Å². The quantitative estimate of drug-likeness (QED) is 0.231. The fraction of sp³-hybridized carbons (Fsp3) is 0.120. The van der Waals surface area contributed by atoms with Crippen LogP contribution in [-0.4, -0.2) is 20.3 Å². The molecule has 2 aromatic heterocycles. The average Bonchev–Trinajstić information content (AvgIpc) is 3.54. The maximum absolute atomic E-state index is 13.0. The van der Waals surface area contributed by atoms with Gasteiger partial charge in [0.1, 0.15) is 0 Å². The van der Waals surface area contributed by atoms with Crippen molar-refractivity contribution in [3.8, 4) is 45.7 Å². The van der Waals surface area contributed by atoms with Crippen molar-refractivity contribution < 1.29 is 35.4 Å². The third kappa shape index (κ3) is 5.08. The third-order valence-corrected chi connectivity index (χ3v) is 5.32. The molecule has 0 aliphatic rings. The first-order chi connectivity index (χ1) is 17.5. The van der Waals surface area contributed by atoms with Crippen molar-refractivity contribution in [2.45, 2.75) is 19.3 Å². The van der Waals surface area contributed by atoms with Gasteiger partial charge in [-0.05, 0) is 67.1 Å². The lowest BCUT2D eigenvalue weighted by Crippen LogP contribution is -2.04. The molecule has 0 spiro atoms. The Morgan fingerprint density at radius 2 is 1.00 bits per heavy atom. The van der Waals surface area contributed by atoms with Gasteiger partial charge in [-0.2, -0.15) is 36.3 Å². The molecule has 12 heteroatoms. The van der Waals surface area contributed by atoms with E-state index in [4.69, 9.17) is 9.05 Å². The molecule has 0 saturated heterocycles. The second-order valence-corrected chi connectivity index (χ2v) is 8.09. The molecule has 0 saturated carbocycles. The van der Waals surface area contributed by atoms with Gasteiger partial charge in [0.15, 0.2) is 0 Å². The lowest BCUT2D eigenvalue weighted by atomic mass is 10.1. The van der Waals surface area contributed by atoms with E-state index >= 15 is 0 Å². The lowest BCUT2D eigenvalue weighted by Gasteiger charge is -2.06. The number of hydrogen-bond donors (Lipinski definition) is 0. The van der Waals surface area contributed by atoms with Gasteiger partial charge < -0.3 is 9.05 Å². The van der Waals surface area contributed by atoms with Crippen molar-refractivity contribution >= 4 is 0 Å². The normalized spacial score (nSPS) is 12.2. The molecule has 0 unspecified atom stereocenters. The van der Waals surface area contributed by atoms with Crippen molar-refractivity contribution in [1.29, 1.82) is 0 Å². The van der Waals surface area contributed by atoms with Gasteiger partial charge in [0.05, 0.1) is 11.1 Å². The average molecular weight is 516 g/mol. The van der Waals surface area contributed by atoms with Crippen molar-refractivity contribution in [2.75, 3.05) is 0 Å². The summed E-state index contributed by atoms with van der Waals surface area (Å²) in [5, 5.41) is 7.76. The van der Waals surface area contributed by atoms with Crippen LogP contribution >= 0.6 is 0 Å². The van der Waals surface area contributed by atoms with E-state index in [2.05, 4.69) is 20.3 Å². The minimum absolute atomic E-state index is 0.101. The van der Waals surface area contributed by atoms with Crippen LogP contribution in [0, 0.1) is 6.92 Å². The first-order valence-electron chi connectivity index (χ1n) is 10.6. The highest BCUT2D eigenvalue weighted by Crippen LogP contribution is 2.34. The molecule has 3 aromatic carbocycles. The molecule has 0 N–H and O–H groups in total. The number of hydrogen-bond acceptors (Lipinski definition) is 6. The summed E-state index contributed by atoms with van der Waals surface area (Å²) < 4.78 is 88.7. The van der Waals surface area contributed by atoms with Crippen LogP contribution in [0.3, 0.4) is 0 Å². The molecule has 0 radical (unpaired) electrons. The predicted octanol–water partition coefficient (Wildman–Crippen LogP) is 7.47. The van der Waals surface area contributed by atoms with E-state index in [1.54, 1.807) is 25.1 Å². The molecule has 5 rings (SSSR count). The Balaban J connectivity index is 1.46. The molecule has 0 aliphatic carbocycles. The van der Waals surface area contributed by atoms with Gasteiger partial charge >= 0.3 is 12.4 Å². The molecule has 6 nitrogen and oxygen atoms in total. The van der Waals surface area contributed by atoms with E-state index in [1.165, 1.54) is 24.3 Å². The van der Waals surface area contributed by atoms with Gasteiger partial charge in [-0.3, -0.25) is 0 Å². The van der Waals surface area contributed by atoms with Crippen LogP contribution in [0.25, 0.3) is 45.7 Å². The van der Waals surface area contributed by atoms with Gasteiger partial charge in [-0.25, -0.2) is 0 Å². The van der Waals surface area contributed by atoms with E-state index in [-0.39, 0.29) is 34.6 Å². The molecule has 188 valence electrons. The van der Waals surface area contributed by atoms with E-state index < -0.39 is 23.5 Å². The Bertz CT molecular complexity index is 1470. The molecule has 5 aromatic rings. The Kier molecular flexibility index (Phi) is 5.81. The number of aryl methyl sites for hydroxylation is 1. The van der Waals surface area contributed by atoms with Crippen LogP contribution in [0.5, 0.6) is 0 Å². The SMILES string of the molecule is Cc1cc(-c2noc(-c3cccc(C(F)(F)F)c3)n2)cc(-c2noc(-c3cccc(C(F)(F)F)c3)n2)c1. The van der Waals surface area contributed by atoms with Gasteiger partial charge in [0, 0.05) is 22.3 Å². The number of alkyl halides is 6. The van der Waals surface area contributed by atoms with E-state index in [0.717, 1.165) is 29.8 Å². The number of aromatic nitrogens is 4. The van der Waals surface area contributed by atoms with E-state index in [1.807, 2.05) is 0 Å². The van der Waals surface area contributed by atoms with Crippen LogP contribution in [0.4, 0.5) is 26.3 Å². The van der Waals surface area contributed by atoms with Gasteiger partial charge in [0.25, 0.3) is 11.8 Å². The summed E-state index contributed by atoms with van der Waals surface area (Å²) in [6, 6.07) is 14.1.